The fraction of sp³-hybridized carbons (Fsp3) is 0.200. The van der Waals surface area contributed by atoms with Gasteiger partial charge in [-0.15, -0.1) is 0 Å². The summed E-state index contributed by atoms with van der Waals surface area (Å²) in [4.78, 5) is 28.9. The molecule has 1 aliphatic heterocycles. The first-order chi connectivity index (χ1) is 16.4. The van der Waals surface area contributed by atoms with Crippen LogP contribution in [0.4, 0.5) is 5.69 Å². The third kappa shape index (κ3) is 4.90. The van der Waals surface area contributed by atoms with E-state index in [0.29, 0.717) is 31.6 Å². The van der Waals surface area contributed by atoms with Gasteiger partial charge in [-0.3, -0.25) is 9.59 Å². The Morgan fingerprint density at radius 1 is 1.03 bits per heavy atom. The van der Waals surface area contributed by atoms with E-state index in [4.69, 9.17) is 21.1 Å². The third-order valence-corrected chi connectivity index (χ3v) is 7.24. The molecule has 0 unspecified atom stereocenters. The number of benzene rings is 3. The second kappa shape index (κ2) is 10.5. The molecule has 1 heterocycles. The number of carbonyl (C=O) groups is 2. The number of halogens is 1. The summed E-state index contributed by atoms with van der Waals surface area (Å²) in [6, 6.07) is 18.8. The summed E-state index contributed by atoms with van der Waals surface area (Å²) in [5.41, 5.74) is 1.94. The van der Waals surface area contributed by atoms with Crippen molar-refractivity contribution in [3.63, 3.8) is 0 Å². The zero-order valence-electron chi connectivity index (χ0n) is 18.6. The monoisotopic (exact) mass is 498 g/mol. The van der Waals surface area contributed by atoms with Gasteiger partial charge in [0.25, 0.3) is 11.8 Å². The van der Waals surface area contributed by atoms with Gasteiger partial charge in [-0.05, 0) is 48.0 Å². The average Bonchev–Trinajstić information content (AvgIpc) is 2.95. The number of methoxy groups -OCH3 is 2. The van der Waals surface area contributed by atoms with Gasteiger partial charge in [0.05, 0.1) is 44.9 Å². The lowest BCUT2D eigenvalue weighted by molar-refractivity contribution is -0.0974. The lowest BCUT2D eigenvalue weighted by Crippen LogP contribution is -2.34. The van der Waals surface area contributed by atoms with E-state index in [0.717, 1.165) is 5.56 Å². The Bertz CT molecular complexity index is 1240. The molecule has 0 radical (unpaired) electrons. The van der Waals surface area contributed by atoms with Gasteiger partial charge in [0.1, 0.15) is 0 Å². The molecule has 0 saturated heterocycles. The molecule has 0 saturated carbocycles. The molecule has 3 aromatic rings. The largest absolute Gasteiger partial charge is 0.354 e. The third-order valence-electron chi connectivity index (χ3n) is 5.48. The standard InChI is InChI=1S/C25H23ClN2O5S/c1-32-23(33-2)14-27-24(29)17-9-12-22-20(13-17)28(15-16-7-10-18(26)11-8-16)25(30)19-5-3-4-6-21(19)34(22)31/h3-13,23H,14-15H2,1-2H3,(H,27,29)/t34-/m1/s1. The first kappa shape index (κ1) is 24.1. The van der Waals surface area contributed by atoms with Crippen LogP contribution in [0.3, 0.4) is 0 Å². The van der Waals surface area contributed by atoms with Crippen molar-refractivity contribution in [3.05, 3.63) is 88.4 Å². The minimum atomic E-state index is -1.60. The predicted octanol–water partition coefficient (Wildman–Crippen LogP) is 4.02. The Kier molecular flexibility index (Phi) is 7.43. The number of fused-ring (bicyclic) bond motifs is 2. The van der Waals surface area contributed by atoms with Gasteiger partial charge in [-0.2, -0.15) is 0 Å². The highest BCUT2D eigenvalue weighted by Gasteiger charge is 2.31. The van der Waals surface area contributed by atoms with E-state index >= 15 is 0 Å². The summed E-state index contributed by atoms with van der Waals surface area (Å²) in [7, 11) is 1.36. The van der Waals surface area contributed by atoms with E-state index in [-0.39, 0.29) is 24.9 Å². The van der Waals surface area contributed by atoms with Gasteiger partial charge >= 0.3 is 0 Å². The quantitative estimate of drug-likeness (QED) is 0.497. The van der Waals surface area contributed by atoms with Crippen molar-refractivity contribution in [2.45, 2.75) is 22.6 Å². The van der Waals surface area contributed by atoms with Crippen LogP contribution in [0.5, 0.6) is 0 Å². The Morgan fingerprint density at radius 3 is 2.44 bits per heavy atom. The molecule has 1 aliphatic rings. The molecule has 2 amide bonds. The number of nitrogens with one attached hydrogen (secondary N) is 1. The molecule has 0 fully saturated rings. The van der Waals surface area contributed by atoms with Gasteiger partial charge < -0.3 is 19.7 Å². The highest BCUT2D eigenvalue weighted by Crippen LogP contribution is 2.36. The number of nitrogens with zero attached hydrogens (tertiary/aromatic N) is 1. The molecular formula is C25H23ClN2O5S. The minimum Gasteiger partial charge on any atom is -0.354 e. The topological polar surface area (TPSA) is 84.9 Å². The Labute approximate surface area is 205 Å². The first-order valence-electron chi connectivity index (χ1n) is 10.5. The van der Waals surface area contributed by atoms with E-state index in [1.54, 1.807) is 59.5 Å². The highest BCUT2D eigenvalue weighted by molar-refractivity contribution is 7.85. The molecule has 3 aromatic carbocycles. The summed E-state index contributed by atoms with van der Waals surface area (Å²) in [5.74, 6) is -0.664. The number of hydrogen-bond acceptors (Lipinski definition) is 5. The van der Waals surface area contributed by atoms with Crippen LogP contribution in [0.25, 0.3) is 0 Å². The Morgan fingerprint density at radius 2 is 1.74 bits per heavy atom. The second-order valence-corrected chi connectivity index (χ2v) is 9.43. The average molecular weight is 499 g/mol. The van der Waals surface area contributed by atoms with E-state index in [1.165, 1.54) is 14.2 Å². The van der Waals surface area contributed by atoms with Crippen LogP contribution in [-0.2, 0) is 26.8 Å². The number of carbonyl (C=O) groups excluding carboxylic acids is 2. The van der Waals surface area contributed by atoms with E-state index < -0.39 is 17.1 Å². The van der Waals surface area contributed by atoms with Crippen molar-refractivity contribution in [1.82, 2.24) is 5.32 Å². The predicted molar refractivity (Wildman–Crippen MR) is 130 cm³/mol. The maximum absolute atomic E-state index is 13.6. The fourth-order valence-corrected chi connectivity index (χ4v) is 5.15. The maximum Gasteiger partial charge on any atom is 0.259 e. The smallest absolute Gasteiger partial charge is 0.259 e. The van der Waals surface area contributed by atoms with E-state index in [9.17, 15) is 13.8 Å². The summed E-state index contributed by atoms with van der Waals surface area (Å²) >= 11 is 6.02. The number of ether oxygens (including phenoxy) is 2. The Hall–Kier alpha value is -3.04. The number of rotatable bonds is 7. The van der Waals surface area contributed by atoms with Crippen molar-refractivity contribution in [2.75, 3.05) is 25.7 Å². The van der Waals surface area contributed by atoms with Crippen LogP contribution in [0.2, 0.25) is 5.02 Å². The van der Waals surface area contributed by atoms with Crippen molar-refractivity contribution >= 4 is 39.9 Å². The Balaban J connectivity index is 1.76. The van der Waals surface area contributed by atoms with Crippen LogP contribution in [0.15, 0.2) is 76.5 Å². The molecule has 176 valence electrons. The van der Waals surface area contributed by atoms with Crippen LogP contribution >= 0.6 is 11.6 Å². The van der Waals surface area contributed by atoms with E-state index in [1.807, 2.05) is 12.1 Å². The van der Waals surface area contributed by atoms with Gasteiger partial charge in [0.2, 0.25) is 0 Å². The van der Waals surface area contributed by atoms with Crippen LogP contribution < -0.4 is 10.2 Å². The van der Waals surface area contributed by atoms with Crippen LogP contribution in [-0.4, -0.2) is 43.1 Å². The molecule has 1 N–H and O–H groups in total. The van der Waals surface area contributed by atoms with E-state index in [2.05, 4.69) is 5.32 Å². The van der Waals surface area contributed by atoms with Gasteiger partial charge in [0, 0.05) is 24.8 Å². The molecule has 4 rings (SSSR count). The minimum absolute atomic E-state index is 0.147. The highest BCUT2D eigenvalue weighted by atomic mass is 35.5. The molecular weight excluding hydrogens is 476 g/mol. The van der Waals surface area contributed by atoms with Crippen molar-refractivity contribution in [1.29, 1.82) is 0 Å². The summed E-state index contributed by atoms with van der Waals surface area (Å²) < 4.78 is 23.7. The van der Waals surface area contributed by atoms with Crippen molar-refractivity contribution in [2.24, 2.45) is 0 Å². The number of amides is 2. The summed E-state index contributed by atoms with van der Waals surface area (Å²) in [6.07, 6.45) is -0.588. The van der Waals surface area contributed by atoms with Gasteiger partial charge in [-0.1, -0.05) is 35.9 Å². The van der Waals surface area contributed by atoms with Gasteiger partial charge in [-0.25, -0.2) is 4.21 Å². The second-order valence-electron chi connectivity index (χ2n) is 7.58. The molecule has 34 heavy (non-hydrogen) atoms. The SMILES string of the molecule is COC(CNC(=O)c1ccc2c(c1)N(Cc1ccc(Cl)cc1)C(=O)c1ccccc1[S@]2=O)OC. The zero-order valence-corrected chi connectivity index (χ0v) is 20.2. The molecule has 0 spiro atoms. The zero-order chi connectivity index (χ0) is 24.2. The fourth-order valence-electron chi connectivity index (χ4n) is 3.67. The first-order valence-corrected chi connectivity index (χ1v) is 12.0. The van der Waals surface area contributed by atoms with Crippen LogP contribution in [0, 0.1) is 0 Å². The molecule has 0 bridgehead atoms. The maximum atomic E-state index is 13.6. The molecule has 0 aliphatic carbocycles. The van der Waals surface area contributed by atoms with Gasteiger partial charge in [0.15, 0.2) is 6.29 Å². The molecule has 7 nitrogen and oxygen atoms in total. The van der Waals surface area contributed by atoms with Crippen molar-refractivity contribution in [3.8, 4) is 0 Å². The number of hydrogen-bond donors (Lipinski definition) is 1. The number of anilines is 1. The van der Waals surface area contributed by atoms with Crippen molar-refractivity contribution < 1.29 is 23.3 Å². The summed E-state index contributed by atoms with van der Waals surface area (Å²) in [6.45, 7) is 0.364. The molecule has 1 atom stereocenters. The molecule has 0 aromatic heterocycles. The lowest BCUT2D eigenvalue weighted by Gasteiger charge is -2.24. The lowest BCUT2D eigenvalue weighted by atomic mass is 10.1. The van der Waals surface area contributed by atoms with Crippen LogP contribution in [0.1, 0.15) is 26.3 Å². The normalized spacial score (nSPS) is 15.0. The molecule has 9 heteroatoms. The summed E-state index contributed by atoms with van der Waals surface area (Å²) in [5, 5.41) is 3.34.